The zero-order chi connectivity index (χ0) is 14.1. The molecule has 0 aliphatic carbocycles. The number of likely N-dealkylation sites (tertiary alicyclic amines) is 1. The highest BCUT2D eigenvalue weighted by Crippen LogP contribution is 2.27. The maximum Gasteiger partial charge on any atom is 0.253 e. The summed E-state index contributed by atoms with van der Waals surface area (Å²) in [6, 6.07) is 8.14. The maximum atomic E-state index is 12.6. The molecule has 108 valence electrons. The predicted octanol–water partition coefficient (Wildman–Crippen LogP) is 2.49. The van der Waals surface area contributed by atoms with E-state index >= 15 is 0 Å². The highest BCUT2D eigenvalue weighted by Gasteiger charge is 2.34. The van der Waals surface area contributed by atoms with E-state index in [1.54, 1.807) is 0 Å². The van der Waals surface area contributed by atoms with Crippen molar-refractivity contribution < 1.29 is 4.79 Å². The first kappa shape index (κ1) is 13.6. The summed E-state index contributed by atoms with van der Waals surface area (Å²) in [4.78, 5) is 14.6. The third kappa shape index (κ3) is 2.59. The Bertz CT molecular complexity index is 480. The van der Waals surface area contributed by atoms with Gasteiger partial charge >= 0.3 is 0 Å². The van der Waals surface area contributed by atoms with Gasteiger partial charge < -0.3 is 10.2 Å². The lowest BCUT2D eigenvalue weighted by Gasteiger charge is -2.34. The number of piperidine rings is 1. The van der Waals surface area contributed by atoms with Crippen LogP contribution in [0.1, 0.15) is 42.1 Å². The van der Waals surface area contributed by atoms with E-state index in [1.807, 2.05) is 17.0 Å². The van der Waals surface area contributed by atoms with Gasteiger partial charge in [0.15, 0.2) is 0 Å². The van der Waals surface area contributed by atoms with Gasteiger partial charge in [0.05, 0.1) is 0 Å². The Morgan fingerprint density at radius 1 is 1.20 bits per heavy atom. The van der Waals surface area contributed by atoms with Gasteiger partial charge in [0.2, 0.25) is 0 Å². The molecule has 3 heteroatoms. The summed E-state index contributed by atoms with van der Waals surface area (Å²) in [6.07, 6.45) is 1.15. The molecule has 20 heavy (non-hydrogen) atoms. The Morgan fingerprint density at radius 3 is 2.60 bits per heavy atom. The molecule has 0 spiro atoms. The average molecular weight is 272 g/mol. The topological polar surface area (TPSA) is 32.3 Å². The van der Waals surface area contributed by atoms with Crippen molar-refractivity contribution in [3.05, 3.63) is 35.4 Å². The largest absolute Gasteiger partial charge is 0.338 e. The van der Waals surface area contributed by atoms with E-state index in [0.29, 0.717) is 11.8 Å². The van der Waals surface area contributed by atoms with E-state index in [0.717, 1.165) is 44.1 Å². The highest BCUT2D eigenvalue weighted by molar-refractivity contribution is 5.94. The van der Waals surface area contributed by atoms with Crippen LogP contribution in [-0.2, 0) is 0 Å². The van der Waals surface area contributed by atoms with Crippen molar-refractivity contribution in [2.24, 2.45) is 11.8 Å². The number of nitrogens with zero attached hydrogens (tertiary/aromatic N) is 1. The van der Waals surface area contributed by atoms with Gasteiger partial charge in [-0.1, -0.05) is 26.0 Å². The Labute approximate surface area is 121 Å². The Hall–Kier alpha value is -1.35. The van der Waals surface area contributed by atoms with Gasteiger partial charge in [0.1, 0.15) is 0 Å². The number of carbonyl (C=O) groups excluding carboxylic acids is 1. The summed E-state index contributed by atoms with van der Waals surface area (Å²) in [5, 5.41) is 3.45. The lowest BCUT2D eigenvalue weighted by molar-refractivity contribution is 0.0642. The summed E-state index contributed by atoms with van der Waals surface area (Å²) in [5.41, 5.74) is 2.12. The number of hydrogen-bond acceptors (Lipinski definition) is 2. The van der Waals surface area contributed by atoms with Gasteiger partial charge in [-0.25, -0.2) is 0 Å². The van der Waals surface area contributed by atoms with Crippen LogP contribution in [-0.4, -0.2) is 37.0 Å². The molecule has 2 atom stereocenters. The first-order valence-electron chi connectivity index (χ1n) is 7.75. The van der Waals surface area contributed by atoms with Crippen LogP contribution < -0.4 is 5.32 Å². The van der Waals surface area contributed by atoms with Crippen molar-refractivity contribution in [2.75, 3.05) is 26.2 Å². The fourth-order valence-electron chi connectivity index (χ4n) is 3.41. The van der Waals surface area contributed by atoms with Crippen molar-refractivity contribution in [1.82, 2.24) is 10.2 Å². The first-order chi connectivity index (χ1) is 9.65. The van der Waals surface area contributed by atoms with Gasteiger partial charge in [-0.15, -0.1) is 0 Å². The smallest absolute Gasteiger partial charge is 0.253 e. The minimum absolute atomic E-state index is 0.200. The highest BCUT2D eigenvalue weighted by atomic mass is 16.2. The molecule has 0 bridgehead atoms. The fraction of sp³-hybridized carbons (Fsp3) is 0.588. The van der Waals surface area contributed by atoms with Gasteiger partial charge in [0.25, 0.3) is 5.91 Å². The van der Waals surface area contributed by atoms with Gasteiger partial charge in [-0.05, 0) is 55.0 Å². The fourth-order valence-corrected chi connectivity index (χ4v) is 3.41. The molecule has 1 amide bonds. The minimum Gasteiger partial charge on any atom is -0.338 e. The van der Waals surface area contributed by atoms with Crippen molar-refractivity contribution in [2.45, 2.75) is 26.2 Å². The Morgan fingerprint density at radius 2 is 1.90 bits per heavy atom. The monoisotopic (exact) mass is 272 g/mol. The molecule has 0 aromatic heterocycles. The van der Waals surface area contributed by atoms with E-state index in [9.17, 15) is 4.79 Å². The molecule has 1 N–H and O–H groups in total. The van der Waals surface area contributed by atoms with E-state index in [-0.39, 0.29) is 5.91 Å². The molecule has 2 aliphatic heterocycles. The number of hydrogen-bond donors (Lipinski definition) is 1. The van der Waals surface area contributed by atoms with E-state index in [1.165, 1.54) is 5.56 Å². The molecular formula is C17H24N2O. The second kappa shape index (κ2) is 5.57. The van der Waals surface area contributed by atoms with Crippen molar-refractivity contribution in [1.29, 1.82) is 0 Å². The van der Waals surface area contributed by atoms with Crippen LogP contribution in [0.15, 0.2) is 24.3 Å². The Balaban J connectivity index is 1.69. The molecule has 0 radical (unpaired) electrons. The molecule has 2 heterocycles. The molecule has 2 aliphatic rings. The maximum absolute atomic E-state index is 12.6. The first-order valence-corrected chi connectivity index (χ1v) is 7.75. The molecule has 3 rings (SSSR count). The number of fused-ring (bicyclic) bond motifs is 1. The number of rotatable bonds is 2. The van der Waals surface area contributed by atoms with E-state index in [4.69, 9.17) is 0 Å². The van der Waals surface area contributed by atoms with Gasteiger partial charge in [-0.3, -0.25) is 4.79 Å². The quantitative estimate of drug-likeness (QED) is 0.897. The van der Waals surface area contributed by atoms with E-state index in [2.05, 4.69) is 31.3 Å². The summed E-state index contributed by atoms with van der Waals surface area (Å²) >= 11 is 0. The molecule has 2 saturated heterocycles. The second-order valence-corrected chi connectivity index (χ2v) is 6.49. The predicted molar refractivity (Wildman–Crippen MR) is 80.9 cm³/mol. The molecule has 1 aromatic rings. The number of nitrogens with one attached hydrogen (secondary N) is 1. The van der Waals surface area contributed by atoms with Crippen LogP contribution in [0, 0.1) is 11.8 Å². The van der Waals surface area contributed by atoms with E-state index < -0.39 is 0 Å². The molecular weight excluding hydrogens is 248 g/mol. The van der Waals surface area contributed by atoms with Crippen LogP contribution in [0.5, 0.6) is 0 Å². The second-order valence-electron chi connectivity index (χ2n) is 6.49. The zero-order valence-corrected chi connectivity index (χ0v) is 12.4. The van der Waals surface area contributed by atoms with Crippen molar-refractivity contribution in [3.8, 4) is 0 Å². The molecule has 2 unspecified atom stereocenters. The number of benzene rings is 1. The standard InChI is InChI=1S/C17H24N2O/c1-12(2)13-3-5-14(6-4-13)17(20)19-8-7-15-9-18-10-16(15)11-19/h3-6,12,15-16,18H,7-11H2,1-2H3. The number of amides is 1. The van der Waals surface area contributed by atoms with Gasteiger partial charge in [0, 0.05) is 18.7 Å². The summed E-state index contributed by atoms with van der Waals surface area (Å²) in [6.45, 7) is 8.38. The average Bonchev–Trinajstić information content (AvgIpc) is 2.94. The normalized spacial score (nSPS) is 25.9. The lowest BCUT2D eigenvalue weighted by atomic mass is 9.88. The Kier molecular flexibility index (Phi) is 3.79. The molecule has 2 fully saturated rings. The third-order valence-electron chi connectivity index (χ3n) is 4.82. The van der Waals surface area contributed by atoms with Crippen LogP contribution in [0.3, 0.4) is 0 Å². The van der Waals surface area contributed by atoms with Crippen LogP contribution >= 0.6 is 0 Å². The van der Waals surface area contributed by atoms with Crippen molar-refractivity contribution >= 4 is 5.91 Å². The summed E-state index contributed by atoms with van der Waals surface area (Å²) in [5.74, 6) is 2.15. The molecule has 3 nitrogen and oxygen atoms in total. The number of carbonyl (C=O) groups is 1. The van der Waals surface area contributed by atoms with Crippen LogP contribution in [0.4, 0.5) is 0 Å². The van der Waals surface area contributed by atoms with Crippen LogP contribution in [0.25, 0.3) is 0 Å². The molecule has 0 saturated carbocycles. The SMILES string of the molecule is CC(C)c1ccc(C(=O)N2CCC3CNCC3C2)cc1. The summed E-state index contributed by atoms with van der Waals surface area (Å²) < 4.78 is 0. The third-order valence-corrected chi connectivity index (χ3v) is 4.82. The van der Waals surface area contributed by atoms with Crippen LogP contribution in [0.2, 0.25) is 0 Å². The summed E-state index contributed by atoms with van der Waals surface area (Å²) in [7, 11) is 0. The zero-order valence-electron chi connectivity index (χ0n) is 12.4. The lowest BCUT2D eigenvalue weighted by Crippen LogP contribution is -2.43. The molecule has 1 aromatic carbocycles. The van der Waals surface area contributed by atoms with Crippen molar-refractivity contribution in [3.63, 3.8) is 0 Å². The minimum atomic E-state index is 0.200. The van der Waals surface area contributed by atoms with Gasteiger partial charge in [-0.2, -0.15) is 0 Å².